The van der Waals surface area contributed by atoms with E-state index in [0.29, 0.717) is 12.5 Å². The summed E-state index contributed by atoms with van der Waals surface area (Å²) >= 11 is 0. The zero-order chi connectivity index (χ0) is 19.9. The summed E-state index contributed by atoms with van der Waals surface area (Å²) < 4.78 is 0. The highest BCUT2D eigenvalue weighted by atomic mass is 16.2. The van der Waals surface area contributed by atoms with Crippen LogP contribution in [0.1, 0.15) is 37.9 Å². The third-order valence-electron chi connectivity index (χ3n) is 5.30. The first-order valence-electron chi connectivity index (χ1n) is 10.2. The van der Waals surface area contributed by atoms with Gasteiger partial charge in [-0.1, -0.05) is 45.0 Å². The van der Waals surface area contributed by atoms with Crippen LogP contribution in [-0.4, -0.2) is 53.5 Å². The van der Waals surface area contributed by atoms with Crippen LogP contribution in [0.5, 0.6) is 0 Å². The molecule has 2 aromatic rings. The average molecular weight is 382 g/mol. The van der Waals surface area contributed by atoms with E-state index >= 15 is 0 Å². The maximum absolute atomic E-state index is 12.7. The number of nitrogens with one attached hydrogen (secondary N) is 1. The van der Waals surface area contributed by atoms with E-state index < -0.39 is 0 Å². The predicted molar refractivity (Wildman–Crippen MR) is 112 cm³/mol. The summed E-state index contributed by atoms with van der Waals surface area (Å²) in [7, 11) is 0. The maximum Gasteiger partial charge on any atom is 0.234 e. The van der Waals surface area contributed by atoms with Crippen molar-refractivity contribution in [2.24, 2.45) is 5.92 Å². The molecule has 1 aromatic carbocycles. The summed E-state index contributed by atoms with van der Waals surface area (Å²) in [6, 6.07) is 10.5. The molecule has 0 bridgehead atoms. The fourth-order valence-electron chi connectivity index (χ4n) is 3.58. The fraction of sp³-hybridized carbons (Fsp3) is 0.500. The number of amides is 1. The number of hydrogen-bond donors (Lipinski definition) is 1. The number of rotatable bonds is 7. The van der Waals surface area contributed by atoms with Crippen LogP contribution in [0.4, 0.5) is 5.95 Å². The zero-order valence-corrected chi connectivity index (χ0v) is 17.1. The van der Waals surface area contributed by atoms with Crippen molar-refractivity contribution in [2.75, 3.05) is 37.6 Å². The third kappa shape index (κ3) is 5.29. The summed E-state index contributed by atoms with van der Waals surface area (Å²) in [6.07, 6.45) is 4.56. The molecule has 6 nitrogen and oxygen atoms in total. The van der Waals surface area contributed by atoms with Crippen molar-refractivity contribution in [3.63, 3.8) is 0 Å². The normalized spacial score (nSPS) is 16.2. The first-order valence-corrected chi connectivity index (χ1v) is 10.2. The molecule has 2 heterocycles. The van der Waals surface area contributed by atoms with Gasteiger partial charge in [-0.15, -0.1) is 0 Å². The van der Waals surface area contributed by atoms with Crippen LogP contribution in [0.3, 0.4) is 0 Å². The topological polar surface area (TPSA) is 61.4 Å². The molecule has 0 radical (unpaired) electrons. The number of hydrogen-bond acceptors (Lipinski definition) is 5. The Labute approximate surface area is 168 Å². The van der Waals surface area contributed by atoms with Crippen LogP contribution >= 0.6 is 0 Å². The molecule has 1 aliphatic rings. The highest BCUT2D eigenvalue weighted by Crippen LogP contribution is 2.22. The van der Waals surface area contributed by atoms with E-state index in [2.05, 4.69) is 70.1 Å². The summed E-state index contributed by atoms with van der Waals surface area (Å²) in [6.45, 7) is 10.2. The zero-order valence-electron chi connectivity index (χ0n) is 17.1. The lowest BCUT2D eigenvalue weighted by Gasteiger charge is -2.34. The molecule has 0 aliphatic carbocycles. The molecule has 1 aromatic heterocycles. The van der Waals surface area contributed by atoms with E-state index in [1.54, 1.807) is 12.4 Å². The summed E-state index contributed by atoms with van der Waals surface area (Å²) in [4.78, 5) is 25.7. The van der Waals surface area contributed by atoms with E-state index in [-0.39, 0.29) is 11.9 Å². The minimum Gasteiger partial charge on any atom is -0.348 e. The molecular weight excluding hydrogens is 350 g/mol. The van der Waals surface area contributed by atoms with Crippen LogP contribution in [0.2, 0.25) is 0 Å². The summed E-state index contributed by atoms with van der Waals surface area (Å²) in [5.41, 5.74) is 2.49. The van der Waals surface area contributed by atoms with Gasteiger partial charge in [0.1, 0.15) is 0 Å². The second-order valence-electron chi connectivity index (χ2n) is 7.70. The van der Waals surface area contributed by atoms with Gasteiger partial charge in [-0.25, -0.2) is 9.97 Å². The van der Waals surface area contributed by atoms with Gasteiger partial charge in [0, 0.05) is 38.6 Å². The lowest BCUT2D eigenvalue weighted by Crippen LogP contribution is -2.50. The fourth-order valence-corrected chi connectivity index (χ4v) is 3.58. The van der Waals surface area contributed by atoms with Gasteiger partial charge >= 0.3 is 0 Å². The maximum atomic E-state index is 12.7. The van der Waals surface area contributed by atoms with Crippen LogP contribution in [0.25, 0.3) is 0 Å². The first kappa shape index (κ1) is 20.3. The molecule has 28 heavy (non-hydrogen) atoms. The Balaban J connectivity index is 1.52. The van der Waals surface area contributed by atoms with Crippen LogP contribution in [0.15, 0.2) is 42.7 Å². The highest BCUT2D eigenvalue weighted by molar-refractivity contribution is 5.78. The quantitative estimate of drug-likeness (QED) is 0.799. The smallest absolute Gasteiger partial charge is 0.234 e. The standard InChI is InChI=1S/C22H31N5O/c1-4-18-6-8-19(9-7-18)21(17(2)3)25-20(28)16-26-12-14-27(15-13-26)22-23-10-5-11-24-22/h5-11,17,21H,4,12-16H2,1-3H3,(H,25,28)/t21-/m1/s1. The average Bonchev–Trinajstić information content (AvgIpc) is 2.73. The Bertz CT molecular complexity index is 739. The van der Waals surface area contributed by atoms with Gasteiger partial charge in [-0.05, 0) is 29.5 Å². The molecule has 1 N–H and O–H groups in total. The molecule has 1 aliphatic heterocycles. The molecule has 1 amide bonds. The number of carbonyl (C=O) groups excluding carboxylic acids is 1. The molecule has 6 heteroatoms. The monoisotopic (exact) mass is 381 g/mol. The molecule has 0 unspecified atom stereocenters. The minimum absolute atomic E-state index is 0.0393. The molecule has 1 fully saturated rings. The molecule has 0 spiro atoms. The van der Waals surface area contributed by atoms with Gasteiger partial charge < -0.3 is 10.2 Å². The van der Waals surface area contributed by atoms with E-state index in [1.807, 2.05) is 6.07 Å². The van der Waals surface area contributed by atoms with Crippen molar-refractivity contribution in [3.8, 4) is 0 Å². The molecule has 1 saturated heterocycles. The van der Waals surface area contributed by atoms with Crippen molar-refractivity contribution in [3.05, 3.63) is 53.9 Å². The third-order valence-corrected chi connectivity index (χ3v) is 5.30. The van der Waals surface area contributed by atoms with E-state index in [0.717, 1.165) is 38.5 Å². The van der Waals surface area contributed by atoms with E-state index in [1.165, 1.54) is 11.1 Å². The molecule has 3 rings (SSSR count). The second-order valence-corrected chi connectivity index (χ2v) is 7.70. The number of anilines is 1. The van der Waals surface area contributed by atoms with Crippen molar-refractivity contribution in [2.45, 2.75) is 33.2 Å². The Morgan fingerprint density at radius 1 is 1.07 bits per heavy atom. The highest BCUT2D eigenvalue weighted by Gasteiger charge is 2.23. The Kier molecular flexibility index (Phi) is 6.98. The SMILES string of the molecule is CCc1ccc([C@H](NC(=O)CN2CCN(c3ncccn3)CC2)C(C)C)cc1. The van der Waals surface area contributed by atoms with Gasteiger partial charge in [0.05, 0.1) is 12.6 Å². The van der Waals surface area contributed by atoms with Crippen molar-refractivity contribution in [1.29, 1.82) is 0 Å². The number of carbonyl (C=O) groups is 1. The Morgan fingerprint density at radius 2 is 1.71 bits per heavy atom. The largest absolute Gasteiger partial charge is 0.348 e. The molecule has 0 saturated carbocycles. The molecule has 1 atom stereocenters. The number of aromatic nitrogens is 2. The second kappa shape index (κ2) is 9.64. The van der Waals surface area contributed by atoms with Gasteiger partial charge in [-0.3, -0.25) is 9.69 Å². The van der Waals surface area contributed by atoms with Crippen molar-refractivity contribution in [1.82, 2.24) is 20.2 Å². The lowest BCUT2D eigenvalue weighted by atomic mass is 9.95. The van der Waals surface area contributed by atoms with Gasteiger partial charge in [-0.2, -0.15) is 0 Å². The Morgan fingerprint density at radius 3 is 2.29 bits per heavy atom. The lowest BCUT2D eigenvalue weighted by molar-refractivity contribution is -0.123. The van der Waals surface area contributed by atoms with Gasteiger partial charge in [0.15, 0.2) is 0 Å². The molecule has 150 valence electrons. The number of benzene rings is 1. The van der Waals surface area contributed by atoms with Gasteiger partial charge in [0.2, 0.25) is 11.9 Å². The summed E-state index contributed by atoms with van der Waals surface area (Å²) in [5, 5.41) is 3.24. The Hall–Kier alpha value is -2.47. The van der Waals surface area contributed by atoms with Crippen molar-refractivity contribution >= 4 is 11.9 Å². The summed E-state index contributed by atoms with van der Waals surface area (Å²) in [5.74, 6) is 1.19. The van der Waals surface area contributed by atoms with E-state index in [4.69, 9.17) is 0 Å². The predicted octanol–water partition coefficient (Wildman–Crippen LogP) is 2.67. The molecular formula is C22H31N5O. The van der Waals surface area contributed by atoms with Gasteiger partial charge in [0.25, 0.3) is 0 Å². The number of nitrogens with zero attached hydrogens (tertiary/aromatic N) is 4. The first-order chi connectivity index (χ1) is 13.6. The van der Waals surface area contributed by atoms with E-state index in [9.17, 15) is 4.79 Å². The minimum atomic E-state index is 0.0393. The van der Waals surface area contributed by atoms with Crippen LogP contribution < -0.4 is 10.2 Å². The number of piperazine rings is 1. The van der Waals surface area contributed by atoms with Crippen LogP contribution in [0, 0.1) is 5.92 Å². The number of aryl methyl sites for hydroxylation is 1. The van der Waals surface area contributed by atoms with Crippen molar-refractivity contribution < 1.29 is 4.79 Å². The van der Waals surface area contributed by atoms with Crippen LogP contribution in [-0.2, 0) is 11.2 Å².